The van der Waals surface area contributed by atoms with Crippen LogP contribution in [0.15, 0.2) is 77.2 Å². The number of hydrogen-bond acceptors (Lipinski definition) is 4. The number of fused-ring (bicyclic) bond motifs is 1. The zero-order valence-corrected chi connectivity index (χ0v) is 17.5. The molecule has 4 aromatic rings. The average molecular weight is 451 g/mol. The Labute approximate surface area is 187 Å². The maximum absolute atomic E-state index is 13.3. The van der Waals surface area contributed by atoms with Crippen molar-refractivity contribution in [2.45, 2.75) is 12.5 Å². The Bertz CT molecular complexity index is 1300. The summed E-state index contributed by atoms with van der Waals surface area (Å²) >= 11 is 0. The summed E-state index contributed by atoms with van der Waals surface area (Å²) in [5, 5.41) is 10.5. The summed E-state index contributed by atoms with van der Waals surface area (Å²) in [6.07, 6.45) is -0.916. The van der Waals surface area contributed by atoms with Gasteiger partial charge >= 0.3 is 12.1 Å². The van der Waals surface area contributed by atoms with Crippen LogP contribution in [0, 0.1) is 11.6 Å². The first kappa shape index (κ1) is 22.0. The van der Waals surface area contributed by atoms with Crippen LogP contribution in [0.2, 0.25) is 0 Å². The average Bonchev–Trinajstić information content (AvgIpc) is 3.23. The maximum Gasteiger partial charge on any atom is 0.414 e. The molecule has 1 aromatic heterocycles. The highest BCUT2D eigenvalue weighted by molar-refractivity contribution is 5.97. The van der Waals surface area contributed by atoms with E-state index in [9.17, 15) is 23.5 Å². The number of hydrogen-bond donors (Lipinski definition) is 1. The molecule has 1 atom stereocenters. The highest BCUT2D eigenvalue weighted by atomic mass is 19.1. The van der Waals surface area contributed by atoms with Gasteiger partial charge in [-0.2, -0.15) is 0 Å². The zero-order valence-electron chi connectivity index (χ0n) is 17.5. The van der Waals surface area contributed by atoms with E-state index in [4.69, 9.17) is 9.15 Å². The van der Waals surface area contributed by atoms with Crippen LogP contribution in [0.5, 0.6) is 0 Å². The van der Waals surface area contributed by atoms with Crippen molar-refractivity contribution in [2.24, 2.45) is 0 Å². The van der Waals surface area contributed by atoms with E-state index in [-0.39, 0.29) is 17.9 Å². The zero-order chi connectivity index (χ0) is 23.5. The number of carbonyl (C=O) groups is 2. The summed E-state index contributed by atoms with van der Waals surface area (Å²) < 4.78 is 37.2. The van der Waals surface area contributed by atoms with E-state index in [0.29, 0.717) is 27.9 Å². The monoisotopic (exact) mass is 451 g/mol. The van der Waals surface area contributed by atoms with E-state index in [1.54, 1.807) is 36.4 Å². The van der Waals surface area contributed by atoms with Crippen molar-refractivity contribution in [3.05, 3.63) is 90.0 Å². The first-order chi connectivity index (χ1) is 15.9. The van der Waals surface area contributed by atoms with Gasteiger partial charge in [-0.05, 0) is 66.2 Å². The number of benzene rings is 3. The Morgan fingerprint density at radius 1 is 0.970 bits per heavy atom. The standard InChI is InChI=1S/C25H19F2NO5/c1-32-25(31)28(21(24(29)30)12-15-2-6-18(26)7-3-15)20-10-11-22-17(13-20)14-23(33-22)16-4-8-19(27)9-5-16/h2-11,13-14,21H,12H2,1H3,(H,29,30)/t21-/m1/s1. The number of ether oxygens (including phenoxy) is 1. The second-order valence-electron chi connectivity index (χ2n) is 7.36. The highest BCUT2D eigenvalue weighted by Gasteiger charge is 2.32. The Morgan fingerprint density at radius 2 is 1.61 bits per heavy atom. The molecule has 0 bridgehead atoms. The second-order valence-corrected chi connectivity index (χ2v) is 7.36. The van der Waals surface area contributed by atoms with Crippen molar-refractivity contribution in [1.82, 2.24) is 0 Å². The lowest BCUT2D eigenvalue weighted by molar-refractivity contribution is -0.138. The van der Waals surface area contributed by atoms with Crippen LogP contribution in [0.4, 0.5) is 19.3 Å². The van der Waals surface area contributed by atoms with Gasteiger partial charge in [-0.1, -0.05) is 12.1 Å². The lowest BCUT2D eigenvalue weighted by Gasteiger charge is -2.28. The minimum Gasteiger partial charge on any atom is -0.480 e. The van der Waals surface area contributed by atoms with E-state index in [2.05, 4.69) is 0 Å². The fourth-order valence-corrected chi connectivity index (χ4v) is 3.58. The molecule has 168 valence electrons. The third-order valence-corrected chi connectivity index (χ3v) is 5.22. The molecule has 4 rings (SSSR count). The Hall–Kier alpha value is -4.20. The molecule has 0 radical (unpaired) electrons. The Morgan fingerprint density at radius 3 is 2.21 bits per heavy atom. The van der Waals surface area contributed by atoms with Gasteiger partial charge < -0.3 is 14.3 Å². The van der Waals surface area contributed by atoms with Crippen LogP contribution in [-0.4, -0.2) is 30.3 Å². The number of anilines is 1. The number of halogens is 2. The molecule has 0 saturated heterocycles. The molecule has 1 heterocycles. The fraction of sp³-hybridized carbons (Fsp3) is 0.120. The van der Waals surface area contributed by atoms with Crippen molar-refractivity contribution in [3.8, 4) is 11.3 Å². The van der Waals surface area contributed by atoms with E-state index in [1.165, 1.54) is 36.4 Å². The molecule has 33 heavy (non-hydrogen) atoms. The summed E-state index contributed by atoms with van der Waals surface area (Å²) in [5.74, 6) is -1.57. The van der Waals surface area contributed by atoms with Crippen LogP contribution in [0.3, 0.4) is 0 Å². The molecule has 1 amide bonds. The van der Waals surface area contributed by atoms with Gasteiger partial charge in [0.2, 0.25) is 0 Å². The quantitative estimate of drug-likeness (QED) is 0.410. The van der Waals surface area contributed by atoms with E-state index in [1.807, 2.05) is 0 Å². The van der Waals surface area contributed by atoms with Crippen molar-refractivity contribution in [2.75, 3.05) is 12.0 Å². The number of nitrogens with zero attached hydrogens (tertiary/aromatic N) is 1. The van der Waals surface area contributed by atoms with Gasteiger partial charge in [-0.15, -0.1) is 0 Å². The number of amides is 1. The number of carboxylic acid groups (broad SMARTS) is 1. The topological polar surface area (TPSA) is 80.0 Å². The number of rotatable bonds is 6. The van der Waals surface area contributed by atoms with E-state index >= 15 is 0 Å². The summed E-state index contributed by atoms with van der Waals surface area (Å²) in [5.41, 5.74) is 2.00. The Kier molecular flexibility index (Phi) is 6.08. The molecule has 3 aromatic carbocycles. The normalized spacial score (nSPS) is 11.8. The van der Waals surface area contributed by atoms with Gasteiger partial charge in [-0.3, -0.25) is 4.90 Å². The van der Waals surface area contributed by atoms with Crippen LogP contribution < -0.4 is 4.90 Å². The summed E-state index contributed by atoms with van der Waals surface area (Å²) in [7, 11) is 1.16. The third-order valence-electron chi connectivity index (χ3n) is 5.22. The van der Waals surface area contributed by atoms with Crippen LogP contribution in [0.1, 0.15) is 5.56 Å². The van der Waals surface area contributed by atoms with Gasteiger partial charge in [0.1, 0.15) is 29.0 Å². The number of aliphatic carboxylic acids is 1. The van der Waals surface area contributed by atoms with Crippen molar-refractivity contribution < 1.29 is 32.6 Å². The van der Waals surface area contributed by atoms with Gasteiger partial charge in [0, 0.05) is 23.1 Å². The Balaban J connectivity index is 1.72. The molecule has 0 saturated carbocycles. The molecular weight excluding hydrogens is 432 g/mol. The smallest absolute Gasteiger partial charge is 0.414 e. The largest absolute Gasteiger partial charge is 0.480 e. The molecule has 0 fully saturated rings. The van der Waals surface area contributed by atoms with Crippen LogP contribution >= 0.6 is 0 Å². The molecule has 0 unspecified atom stereocenters. The molecule has 0 aliphatic heterocycles. The summed E-state index contributed by atoms with van der Waals surface area (Å²) in [6, 6.07) is 16.4. The van der Waals surface area contributed by atoms with Crippen molar-refractivity contribution >= 4 is 28.7 Å². The second kappa shape index (κ2) is 9.12. The van der Waals surface area contributed by atoms with E-state index < -0.39 is 23.9 Å². The molecule has 6 nitrogen and oxygen atoms in total. The highest BCUT2D eigenvalue weighted by Crippen LogP contribution is 2.32. The molecule has 1 N–H and O–H groups in total. The summed E-state index contributed by atoms with van der Waals surface area (Å²) in [6.45, 7) is 0. The summed E-state index contributed by atoms with van der Waals surface area (Å²) in [4.78, 5) is 25.8. The number of carbonyl (C=O) groups excluding carboxylic acids is 1. The van der Waals surface area contributed by atoms with Crippen molar-refractivity contribution in [1.29, 1.82) is 0 Å². The van der Waals surface area contributed by atoms with Crippen LogP contribution in [-0.2, 0) is 16.0 Å². The molecule has 0 spiro atoms. The SMILES string of the molecule is COC(=O)N(c1ccc2oc(-c3ccc(F)cc3)cc2c1)[C@H](Cc1ccc(F)cc1)C(=O)O. The number of methoxy groups -OCH3 is 1. The minimum atomic E-state index is -1.30. The maximum atomic E-state index is 13.3. The van der Waals surface area contributed by atoms with Crippen molar-refractivity contribution in [3.63, 3.8) is 0 Å². The van der Waals surface area contributed by atoms with E-state index in [0.717, 1.165) is 12.0 Å². The van der Waals surface area contributed by atoms with Crippen LogP contribution in [0.25, 0.3) is 22.3 Å². The predicted molar refractivity (Wildman–Crippen MR) is 118 cm³/mol. The minimum absolute atomic E-state index is 0.0605. The first-order valence-corrected chi connectivity index (χ1v) is 9.99. The number of carboxylic acids is 1. The fourth-order valence-electron chi connectivity index (χ4n) is 3.58. The van der Waals surface area contributed by atoms with Gasteiger partial charge in [0.05, 0.1) is 7.11 Å². The number of furan rings is 1. The van der Waals surface area contributed by atoms with Gasteiger partial charge in [0.15, 0.2) is 0 Å². The van der Waals surface area contributed by atoms with Gasteiger partial charge in [0.25, 0.3) is 0 Å². The lowest BCUT2D eigenvalue weighted by Crippen LogP contribution is -2.46. The predicted octanol–water partition coefficient (Wildman–Crippen LogP) is 5.65. The molecular formula is C25H19F2NO5. The first-order valence-electron chi connectivity index (χ1n) is 9.99. The molecule has 8 heteroatoms. The lowest BCUT2D eigenvalue weighted by atomic mass is 10.0. The van der Waals surface area contributed by atoms with Gasteiger partial charge in [-0.25, -0.2) is 18.4 Å². The molecule has 0 aliphatic carbocycles. The third kappa shape index (κ3) is 4.69. The molecule has 0 aliphatic rings.